The van der Waals surface area contributed by atoms with E-state index in [2.05, 4.69) is 48.3 Å². The molecule has 1 aromatic carbocycles. The first-order valence-electron chi connectivity index (χ1n) is 8.95. The van der Waals surface area contributed by atoms with Gasteiger partial charge in [-0.05, 0) is 50.3 Å². The lowest BCUT2D eigenvalue weighted by atomic mass is 9.89. The van der Waals surface area contributed by atoms with Crippen LogP contribution in [0.5, 0.6) is 5.75 Å². The molecule has 0 aromatic heterocycles. The fourth-order valence-electron chi connectivity index (χ4n) is 4.03. The predicted octanol–water partition coefficient (Wildman–Crippen LogP) is 3.61. The Bertz CT molecular complexity index is 445. The zero-order valence-corrected chi connectivity index (χ0v) is 14.1. The number of piperazine rings is 1. The summed E-state index contributed by atoms with van der Waals surface area (Å²) in [5.74, 6) is 1.82. The van der Waals surface area contributed by atoms with E-state index >= 15 is 0 Å². The minimum atomic E-state index is 0.240. The molecule has 1 aliphatic carbocycles. The normalized spacial score (nSPS) is 22.1. The van der Waals surface area contributed by atoms with E-state index in [-0.39, 0.29) is 6.10 Å². The van der Waals surface area contributed by atoms with Crippen molar-refractivity contribution in [2.24, 2.45) is 5.92 Å². The smallest absolute Gasteiger partial charge is 0.119 e. The van der Waals surface area contributed by atoms with Gasteiger partial charge in [0.2, 0.25) is 0 Å². The van der Waals surface area contributed by atoms with E-state index in [1.165, 1.54) is 44.3 Å². The second-order valence-electron chi connectivity index (χ2n) is 7.01. The molecule has 122 valence electrons. The molecular formula is C19H30N2O. The molecule has 1 heterocycles. The van der Waals surface area contributed by atoms with Crippen molar-refractivity contribution in [1.29, 1.82) is 0 Å². The molecule has 22 heavy (non-hydrogen) atoms. The minimum Gasteiger partial charge on any atom is -0.491 e. The molecule has 2 fully saturated rings. The summed E-state index contributed by atoms with van der Waals surface area (Å²) in [6.45, 7) is 8.75. The molecule has 1 N–H and O–H groups in total. The molecule has 0 radical (unpaired) electrons. The lowest BCUT2D eigenvalue weighted by Crippen LogP contribution is -2.46. The number of hydrogen-bond donors (Lipinski definition) is 1. The molecule has 0 amide bonds. The van der Waals surface area contributed by atoms with Crippen molar-refractivity contribution in [2.75, 3.05) is 26.2 Å². The highest BCUT2D eigenvalue weighted by Crippen LogP contribution is 2.40. The Morgan fingerprint density at radius 1 is 1.05 bits per heavy atom. The summed E-state index contributed by atoms with van der Waals surface area (Å²) in [7, 11) is 0. The molecule has 1 aromatic rings. The van der Waals surface area contributed by atoms with E-state index in [9.17, 15) is 0 Å². The van der Waals surface area contributed by atoms with Crippen LogP contribution in [0, 0.1) is 5.92 Å². The maximum Gasteiger partial charge on any atom is 0.119 e. The van der Waals surface area contributed by atoms with E-state index in [1.807, 2.05) is 0 Å². The molecular weight excluding hydrogens is 272 g/mol. The van der Waals surface area contributed by atoms with Crippen LogP contribution < -0.4 is 10.1 Å². The first-order valence-corrected chi connectivity index (χ1v) is 8.95. The first kappa shape index (κ1) is 15.8. The van der Waals surface area contributed by atoms with E-state index in [0.29, 0.717) is 6.04 Å². The van der Waals surface area contributed by atoms with Crippen LogP contribution in [0.2, 0.25) is 0 Å². The lowest BCUT2D eigenvalue weighted by molar-refractivity contribution is 0.125. The van der Waals surface area contributed by atoms with Gasteiger partial charge in [-0.15, -0.1) is 0 Å². The summed E-state index contributed by atoms with van der Waals surface area (Å²) in [6, 6.07) is 9.49. The maximum atomic E-state index is 5.80. The molecule has 1 atom stereocenters. The third-order valence-corrected chi connectivity index (χ3v) is 4.98. The Morgan fingerprint density at radius 3 is 2.27 bits per heavy atom. The van der Waals surface area contributed by atoms with Gasteiger partial charge in [0.15, 0.2) is 0 Å². The van der Waals surface area contributed by atoms with Crippen LogP contribution in [-0.4, -0.2) is 37.2 Å². The van der Waals surface area contributed by atoms with Crippen molar-refractivity contribution >= 4 is 0 Å². The highest BCUT2D eigenvalue weighted by Gasteiger charge is 2.31. The summed E-state index contributed by atoms with van der Waals surface area (Å²) in [5.41, 5.74) is 1.48. The molecule has 2 aliphatic rings. The van der Waals surface area contributed by atoms with E-state index < -0.39 is 0 Å². The van der Waals surface area contributed by atoms with Crippen molar-refractivity contribution in [3.8, 4) is 5.75 Å². The molecule has 1 saturated heterocycles. The zero-order valence-electron chi connectivity index (χ0n) is 14.1. The topological polar surface area (TPSA) is 24.5 Å². The summed E-state index contributed by atoms with van der Waals surface area (Å²) >= 11 is 0. The van der Waals surface area contributed by atoms with Crippen LogP contribution >= 0.6 is 0 Å². The molecule has 0 spiro atoms. The first-order chi connectivity index (χ1) is 10.7. The lowest BCUT2D eigenvalue weighted by Gasteiger charge is -2.38. The largest absolute Gasteiger partial charge is 0.491 e. The summed E-state index contributed by atoms with van der Waals surface area (Å²) in [6.07, 6.45) is 5.83. The minimum absolute atomic E-state index is 0.240. The highest BCUT2D eigenvalue weighted by molar-refractivity contribution is 5.30. The number of rotatable bonds is 5. The summed E-state index contributed by atoms with van der Waals surface area (Å²) in [4.78, 5) is 2.70. The van der Waals surface area contributed by atoms with Crippen LogP contribution in [0.4, 0.5) is 0 Å². The van der Waals surface area contributed by atoms with Crippen LogP contribution in [0.25, 0.3) is 0 Å². The Balaban J connectivity index is 1.78. The summed E-state index contributed by atoms with van der Waals surface area (Å²) in [5, 5.41) is 3.48. The maximum absolute atomic E-state index is 5.80. The van der Waals surface area contributed by atoms with E-state index in [4.69, 9.17) is 4.74 Å². The number of nitrogens with zero attached hydrogens (tertiary/aromatic N) is 1. The Morgan fingerprint density at radius 2 is 1.68 bits per heavy atom. The molecule has 3 heteroatoms. The van der Waals surface area contributed by atoms with Crippen molar-refractivity contribution in [3.63, 3.8) is 0 Å². The van der Waals surface area contributed by atoms with Crippen molar-refractivity contribution in [1.82, 2.24) is 10.2 Å². The van der Waals surface area contributed by atoms with E-state index in [0.717, 1.165) is 24.8 Å². The molecule has 3 nitrogen and oxygen atoms in total. The Labute approximate surface area is 135 Å². The highest BCUT2D eigenvalue weighted by atomic mass is 16.5. The van der Waals surface area contributed by atoms with E-state index in [1.54, 1.807) is 0 Å². The van der Waals surface area contributed by atoms with Gasteiger partial charge < -0.3 is 10.1 Å². The third-order valence-electron chi connectivity index (χ3n) is 4.98. The molecule has 0 bridgehead atoms. The predicted molar refractivity (Wildman–Crippen MR) is 91.3 cm³/mol. The van der Waals surface area contributed by atoms with Crippen molar-refractivity contribution < 1.29 is 4.74 Å². The molecule has 3 rings (SSSR count). The number of hydrogen-bond acceptors (Lipinski definition) is 3. The van der Waals surface area contributed by atoms with Crippen molar-refractivity contribution in [3.05, 3.63) is 29.8 Å². The Hall–Kier alpha value is -1.06. The monoisotopic (exact) mass is 302 g/mol. The van der Waals surface area contributed by atoms with Gasteiger partial charge in [0.25, 0.3) is 0 Å². The van der Waals surface area contributed by atoms with Gasteiger partial charge >= 0.3 is 0 Å². The van der Waals surface area contributed by atoms with Gasteiger partial charge in [0.05, 0.1) is 6.10 Å². The van der Waals surface area contributed by atoms with Gasteiger partial charge in [-0.1, -0.05) is 25.0 Å². The van der Waals surface area contributed by atoms with Crippen LogP contribution in [0.15, 0.2) is 24.3 Å². The average Bonchev–Trinajstić information content (AvgIpc) is 3.04. The average molecular weight is 302 g/mol. The Kier molecular flexibility index (Phi) is 5.37. The van der Waals surface area contributed by atoms with Crippen LogP contribution in [0.1, 0.15) is 51.1 Å². The van der Waals surface area contributed by atoms with Crippen LogP contribution in [-0.2, 0) is 0 Å². The van der Waals surface area contributed by atoms with Gasteiger partial charge in [-0.25, -0.2) is 0 Å². The fraction of sp³-hybridized carbons (Fsp3) is 0.684. The van der Waals surface area contributed by atoms with Gasteiger partial charge in [-0.2, -0.15) is 0 Å². The third kappa shape index (κ3) is 3.82. The van der Waals surface area contributed by atoms with Crippen LogP contribution in [0.3, 0.4) is 0 Å². The molecule has 1 saturated carbocycles. The summed E-state index contributed by atoms with van der Waals surface area (Å²) < 4.78 is 5.80. The van der Waals surface area contributed by atoms with Gasteiger partial charge in [0, 0.05) is 32.2 Å². The second kappa shape index (κ2) is 7.47. The number of nitrogens with one attached hydrogen (secondary N) is 1. The quantitative estimate of drug-likeness (QED) is 0.899. The number of benzene rings is 1. The standard InChI is InChI=1S/C19H30N2O/c1-15(2)22-18-9-7-17(8-10-18)19(16-5-3-4-6-16)21-13-11-20-12-14-21/h7-10,15-16,19-20H,3-6,11-14H2,1-2H3/t19-/m0/s1. The molecule has 0 unspecified atom stereocenters. The number of ether oxygens (including phenoxy) is 1. The zero-order chi connectivity index (χ0) is 15.4. The van der Waals surface area contributed by atoms with Gasteiger partial charge in [-0.3, -0.25) is 4.90 Å². The SMILES string of the molecule is CC(C)Oc1ccc([C@H](C2CCCC2)N2CCNCC2)cc1. The second-order valence-corrected chi connectivity index (χ2v) is 7.01. The van der Waals surface area contributed by atoms with Crippen molar-refractivity contribution in [2.45, 2.75) is 51.7 Å². The van der Waals surface area contributed by atoms with Gasteiger partial charge in [0.1, 0.15) is 5.75 Å². The molecule has 1 aliphatic heterocycles. The fourth-order valence-corrected chi connectivity index (χ4v) is 4.03.